The van der Waals surface area contributed by atoms with E-state index in [-0.39, 0.29) is 23.7 Å². The van der Waals surface area contributed by atoms with Gasteiger partial charge in [-0.1, -0.05) is 28.8 Å². The molecule has 0 spiro atoms. The van der Waals surface area contributed by atoms with Crippen LogP contribution in [0.3, 0.4) is 0 Å². The average molecular weight is 304 g/mol. The number of hydrogen-bond acceptors (Lipinski definition) is 2. The highest BCUT2D eigenvalue weighted by Crippen LogP contribution is 2.43. The minimum absolute atomic E-state index is 0.0813. The fraction of sp³-hybridized carbons (Fsp3) is 0.412. The molecule has 21 heavy (non-hydrogen) atoms. The van der Waals surface area contributed by atoms with Crippen LogP contribution < -0.4 is 4.90 Å². The molecule has 3 rings (SSSR count). The number of hydrogen-bond donors (Lipinski definition) is 0. The van der Waals surface area contributed by atoms with E-state index in [9.17, 15) is 9.59 Å². The van der Waals surface area contributed by atoms with Gasteiger partial charge in [-0.3, -0.25) is 9.59 Å². The van der Waals surface area contributed by atoms with E-state index >= 15 is 0 Å². The van der Waals surface area contributed by atoms with Gasteiger partial charge in [0.25, 0.3) is 0 Å². The predicted octanol–water partition coefficient (Wildman–Crippen LogP) is 3.88. The molecule has 0 radical (unpaired) electrons. The second kappa shape index (κ2) is 4.99. The van der Waals surface area contributed by atoms with Crippen molar-refractivity contribution in [1.29, 1.82) is 0 Å². The Labute approximate surface area is 129 Å². The lowest BCUT2D eigenvalue weighted by molar-refractivity contribution is -0.122. The normalized spacial score (nSPS) is 25.6. The molecule has 1 aliphatic carbocycles. The molecule has 2 aliphatic rings. The molecule has 110 valence electrons. The third-order valence-electron chi connectivity index (χ3n) is 4.82. The largest absolute Gasteiger partial charge is 0.274 e. The summed E-state index contributed by atoms with van der Waals surface area (Å²) in [4.78, 5) is 26.8. The summed E-state index contributed by atoms with van der Waals surface area (Å²) < 4.78 is 0. The first-order chi connectivity index (χ1) is 9.91. The van der Waals surface area contributed by atoms with Crippen LogP contribution in [-0.4, -0.2) is 11.8 Å². The van der Waals surface area contributed by atoms with E-state index in [0.717, 1.165) is 5.56 Å². The minimum Gasteiger partial charge on any atom is -0.274 e. The predicted molar refractivity (Wildman–Crippen MR) is 83.3 cm³/mol. The van der Waals surface area contributed by atoms with Crippen LogP contribution in [0.1, 0.15) is 32.3 Å². The maximum atomic E-state index is 12.7. The molecule has 1 saturated heterocycles. The van der Waals surface area contributed by atoms with Gasteiger partial charge in [0.2, 0.25) is 11.8 Å². The molecule has 4 heteroatoms. The standard InChI is InChI=1S/C17H18ClNO2/c1-9-7-12-13(8-10(9)2)17(21)19(16(12)20)15-6-4-5-14(18)11(15)3/h4-6,12-13H,7-8H2,1-3H3. The van der Waals surface area contributed by atoms with Crippen molar-refractivity contribution in [2.45, 2.75) is 33.6 Å². The summed E-state index contributed by atoms with van der Waals surface area (Å²) in [6.45, 7) is 5.95. The lowest BCUT2D eigenvalue weighted by atomic mass is 9.78. The van der Waals surface area contributed by atoms with E-state index in [1.54, 1.807) is 18.2 Å². The third kappa shape index (κ3) is 2.11. The number of halogens is 1. The number of amides is 2. The molecule has 1 aromatic rings. The molecule has 2 atom stereocenters. The van der Waals surface area contributed by atoms with E-state index < -0.39 is 0 Å². The van der Waals surface area contributed by atoms with Crippen LogP contribution in [-0.2, 0) is 9.59 Å². The number of fused-ring (bicyclic) bond motifs is 1. The first kappa shape index (κ1) is 14.3. The highest BCUT2D eigenvalue weighted by Gasteiger charge is 2.49. The zero-order valence-electron chi connectivity index (χ0n) is 12.4. The summed E-state index contributed by atoms with van der Waals surface area (Å²) in [6.07, 6.45) is 1.38. The van der Waals surface area contributed by atoms with Crippen LogP contribution >= 0.6 is 11.6 Å². The number of imide groups is 1. The number of benzene rings is 1. The summed E-state index contributed by atoms with van der Waals surface area (Å²) >= 11 is 6.13. The SMILES string of the molecule is CC1=C(C)CC2C(=O)N(c3cccc(Cl)c3C)C(=O)C2C1. The highest BCUT2D eigenvalue weighted by atomic mass is 35.5. The zero-order chi connectivity index (χ0) is 15.3. The molecular weight excluding hydrogens is 286 g/mol. The van der Waals surface area contributed by atoms with Crippen molar-refractivity contribution in [3.05, 3.63) is 39.9 Å². The molecule has 2 amide bonds. The first-order valence-electron chi connectivity index (χ1n) is 7.20. The number of anilines is 1. The zero-order valence-corrected chi connectivity index (χ0v) is 13.2. The Morgan fingerprint density at radius 3 is 2.05 bits per heavy atom. The quantitative estimate of drug-likeness (QED) is 0.583. The van der Waals surface area contributed by atoms with Crippen LogP contribution in [0.25, 0.3) is 0 Å². The van der Waals surface area contributed by atoms with Gasteiger partial charge in [-0.15, -0.1) is 0 Å². The summed E-state index contributed by atoms with van der Waals surface area (Å²) in [6, 6.07) is 5.34. The van der Waals surface area contributed by atoms with E-state index in [4.69, 9.17) is 11.6 Å². The molecule has 1 heterocycles. The Kier molecular flexibility index (Phi) is 3.40. The fourth-order valence-electron chi connectivity index (χ4n) is 3.33. The van der Waals surface area contributed by atoms with Gasteiger partial charge in [-0.2, -0.15) is 0 Å². The van der Waals surface area contributed by atoms with Gasteiger partial charge >= 0.3 is 0 Å². The molecule has 0 N–H and O–H groups in total. The Balaban J connectivity index is 2.02. The van der Waals surface area contributed by atoms with Crippen molar-refractivity contribution >= 4 is 29.1 Å². The second-order valence-electron chi connectivity index (χ2n) is 6.08. The van der Waals surface area contributed by atoms with Crippen LogP contribution in [0.4, 0.5) is 5.69 Å². The highest BCUT2D eigenvalue weighted by molar-refractivity contribution is 6.32. The number of carbonyl (C=O) groups excluding carboxylic acids is 2. The van der Waals surface area contributed by atoms with Crippen molar-refractivity contribution in [2.75, 3.05) is 4.90 Å². The molecule has 0 bridgehead atoms. The smallest absolute Gasteiger partial charge is 0.238 e. The molecule has 0 aromatic heterocycles. The number of rotatable bonds is 1. The van der Waals surface area contributed by atoms with E-state index in [1.165, 1.54) is 16.0 Å². The monoisotopic (exact) mass is 303 g/mol. The average Bonchev–Trinajstić information content (AvgIpc) is 2.67. The van der Waals surface area contributed by atoms with Crippen molar-refractivity contribution in [2.24, 2.45) is 11.8 Å². The topological polar surface area (TPSA) is 37.4 Å². The van der Waals surface area contributed by atoms with Crippen LogP contribution in [0.2, 0.25) is 5.02 Å². The summed E-state index contributed by atoms with van der Waals surface area (Å²) in [5.74, 6) is -0.580. The minimum atomic E-state index is -0.209. The Bertz CT molecular complexity index is 645. The molecule has 1 fully saturated rings. The Morgan fingerprint density at radius 2 is 1.52 bits per heavy atom. The van der Waals surface area contributed by atoms with Gasteiger partial charge in [-0.05, 0) is 51.3 Å². The molecular formula is C17H18ClNO2. The van der Waals surface area contributed by atoms with Crippen molar-refractivity contribution < 1.29 is 9.59 Å². The molecule has 1 aliphatic heterocycles. The van der Waals surface area contributed by atoms with Gasteiger partial charge in [0.1, 0.15) is 0 Å². The maximum Gasteiger partial charge on any atom is 0.238 e. The van der Waals surface area contributed by atoms with Crippen LogP contribution in [0.5, 0.6) is 0 Å². The van der Waals surface area contributed by atoms with Crippen molar-refractivity contribution in [1.82, 2.24) is 0 Å². The fourth-order valence-corrected chi connectivity index (χ4v) is 3.50. The van der Waals surface area contributed by atoms with Gasteiger partial charge < -0.3 is 0 Å². The number of nitrogens with zero attached hydrogens (tertiary/aromatic N) is 1. The Hall–Kier alpha value is -1.61. The number of carbonyl (C=O) groups is 2. The summed E-state index contributed by atoms with van der Waals surface area (Å²) in [7, 11) is 0. The van der Waals surface area contributed by atoms with Gasteiger partial charge in [-0.25, -0.2) is 4.90 Å². The second-order valence-corrected chi connectivity index (χ2v) is 6.48. The number of allylic oxidation sites excluding steroid dienone is 2. The lowest BCUT2D eigenvalue weighted by Crippen LogP contribution is -2.31. The van der Waals surface area contributed by atoms with E-state index in [2.05, 4.69) is 13.8 Å². The van der Waals surface area contributed by atoms with E-state index in [1.807, 2.05) is 6.92 Å². The van der Waals surface area contributed by atoms with Gasteiger partial charge in [0.05, 0.1) is 17.5 Å². The third-order valence-corrected chi connectivity index (χ3v) is 5.23. The van der Waals surface area contributed by atoms with Gasteiger partial charge in [0.15, 0.2) is 0 Å². The molecule has 0 saturated carbocycles. The van der Waals surface area contributed by atoms with E-state index in [0.29, 0.717) is 23.6 Å². The van der Waals surface area contributed by atoms with Crippen molar-refractivity contribution in [3.8, 4) is 0 Å². The summed E-state index contributed by atoms with van der Waals surface area (Å²) in [5.41, 5.74) is 3.88. The maximum absolute atomic E-state index is 12.7. The van der Waals surface area contributed by atoms with Crippen LogP contribution in [0.15, 0.2) is 29.3 Å². The lowest BCUT2D eigenvalue weighted by Gasteiger charge is -2.23. The van der Waals surface area contributed by atoms with Gasteiger partial charge in [0, 0.05) is 5.02 Å². The van der Waals surface area contributed by atoms with Crippen LogP contribution in [0, 0.1) is 18.8 Å². The molecule has 3 nitrogen and oxygen atoms in total. The summed E-state index contributed by atoms with van der Waals surface area (Å²) in [5, 5.41) is 0.577. The molecule has 2 unspecified atom stereocenters. The van der Waals surface area contributed by atoms with Crippen molar-refractivity contribution in [3.63, 3.8) is 0 Å². The Morgan fingerprint density at radius 1 is 1.00 bits per heavy atom. The molecule has 1 aromatic carbocycles. The first-order valence-corrected chi connectivity index (χ1v) is 7.57.